The van der Waals surface area contributed by atoms with E-state index in [2.05, 4.69) is 6.07 Å². The van der Waals surface area contributed by atoms with Crippen LogP contribution in [0.1, 0.15) is 11.1 Å². The second-order valence-corrected chi connectivity index (χ2v) is 3.16. The van der Waals surface area contributed by atoms with Gasteiger partial charge in [0.25, 0.3) is 0 Å². The first-order valence-electron chi connectivity index (χ1n) is 4.66. The second-order valence-electron chi connectivity index (χ2n) is 3.16. The average Bonchev–Trinajstić information content (AvgIpc) is 2.18. The predicted molar refractivity (Wildman–Crippen MR) is 56.5 cm³/mol. The van der Waals surface area contributed by atoms with E-state index in [0.29, 0.717) is 13.2 Å². The molecule has 0 heterocycles. The molecule has 0 bridgehead atoms. The summed E-state index contributed by atoms with van der Waals surface area (Å²) in [6, 6.07) is 6.08. The highest BCUT2D eigenvalue weighted by Crippen LogP contribution is 2.17. The SMILES string of the molecule is COCc1cc(CCN)cc(OC)c1. The summed E-state index contributed by atoms with van der Waals surface area (Å²) < 4.78 is 10.3. The molecule has 0 unspecified atom stereocenters. The molecular weight excluding hydrogens is 178 g/mol. The molecule has 0 saturated carbocycles. The molecule has 0 atom stereocenters. The fraction of sp³-hybridized carbons (Fsp3) is 0.455. The summed E-state index contributed by atoms with van der Waals surface area (Å²) in [6.45, 7) is 1.26. The summed E-state index contributed by atoms with van der Waals surface area (Å²) in [4.78, 5) is 0. The minimum Gasteiger partial charge on any atom is -0.497 e. The standard InChI is InChI=1S/C11H17NO2/c1-13-8-10-5-9(3-4-12)6-11(7-10)14-2/h5-7H,3-4,8,12H2,1-2H3. The van der Waals surface area contributed by atoms with Gasteiger partial charge in [-0.25, -0.2) is 0 Å². The number of methoxy groups -OCH3 is 2. The Kier molecular flexibility index (Phi) is 4.43. The third kappa shape index (κ3) is 3.01. The van der Waals surface area contributed by atoms with Crippen molar-refractivity contribution in [3.05, 3.63) is 29.3 Å². The minimum absolute atomic E-state index is 0.606. The van der Waals surface area contributed by atoms with Crippen molar-refractivity contribution < 1.29 is 9.47 Å². The number of nitrogens with two attached hydrogens (primary N) is 1. The summed E-state index contributed by atoms with van der Waals surface area (Å²) in [5.74, 6) is 0.864. The van der Waals surface area contributed by atoms with Gasteiger partial charge in [-0.2, -0.15) is 0 Å². The van der Waals surface area contributed by atoms with Crippen molar-refractivity contribution in [2.75, 3.05) is 20.8 Å². The Morgan fingerprint density at radius 3 is 2.43 bits per heavy atom. The summed E-state index contributed by atoms with van der Waals surface area (Å²) >= 11 is 0. The molecule has 0 amide bonds. The van der Waals surface area contributed by atoms with Crippen molar-refractivity contribution in [3.8, 4) is 5.75 Å². The second kappa shape index (κ2) is 5.62. The quantitative estimate of drug-likeness (QED) is 0.771. The fourth-order valence-corrected chi connectivity index (χ4v) is 1.41. The Bertz CT molecular complexity index is 262. The van der Waals surface area contributed by atoms with Crippen LogP contribution in [0.25, 0.3) is 0 Å². The van der Waals surface area contributed by atoms with E-state index in [1.165, 1.54) is 5.56 Å². The van der Waals surface area contributed by atoms with Gasteiger partial charge in [-0.15, -0.1) is 0 Å². The van der Waals surface area contributed by atoms with Gasteiger partial charge in [-0.3, -0.25) is 0 Å². The van der Waals surface area contributed by atoms with Crippen molar-refractivity contribution in [3.63, 3.8) is 0 Å². The van der Waals surface area contributed by atoms with Crippen LogP contribution in [0.2, 0.25) is 0 Å². The maximum atomic E-state index is 5.50. The smallest absolute Gasteiger partial charge is 0.119 e. The zero-order valence-corrected chi connectivity index (χ0v) is 8.75. The van der Waals surface area contributed by atoms with Crippen LogP contribution in [0.3, 0.4) is 0 Å². The summed E-state index contributed by atoms with van der Waals surface area (Å²) in [5.41, 5.74) is 7.82. The van der Waals surface area contributed by atoms with Gasteiger partial charge in [-0.1, -0.05) is 6.07 Å². The predicted octanol–water partition coefficient (Wildman–Crippen LogP) is 1.34. The Morgan fingerprint density at radius 1 is 1.14 bits per heavy atom. The number of hydrogen-bond donors (Lipinski definition) is 1. The van der Waals surface area contributed by atoms with Crippen LogP contribution in [0.4, 0.5) is 0 Å². The lowest BCUT2D eigenvalue weighted by Gasteiger charge is -2.07. The first-order valence-corrected chi connectivity index (χ1v) is 4.66. The van der Waals surface area contributed by atoms with Crippen LogP contribution < -0.4 is 10.5 Å². The van der Waals surface area contributed by atoms with E-state index in [0.717, 1.165) is 17.7 Å². The molecule has 1 aromatic carbocycles. The molecule has 0 fully saturated rings. The first kappa shape index (κ1) is 11.0. The molecule has 0 aromatic heterocycles. The van der Waals surface area contributed by atoms with Gasteiger partial charge in [0.05, 0.1) is 13.7 Å². The maximum absolute atomic E-state index is 5.50. The van der Waals surface area contributed by atoms with Gasteiger partial charge < -0.3 is 15.2 Å². The van der Waals surface area contributed by atoms with Gasteiger partial charge in [0.15, 0.2) is 0 Å². The molecule has 0 radical (unpaired) electrons. The van der Waals surface area contributed by atoms with Gasteiger partial charge in [0, 0.05) is 7.11 Å². The van der Waals surface area contributed by atoms with Gasteiger partial charge >= 0.3 is 0 Å². The monoisotopic (exact) mass is 195 g/mol. The number of hydrogen-bond acceptors (Lipinski definition) is 3. The lowest BCUT2D eigenvalue weighted by Crippen LogP contribution is -2.03. The largest absolute Gasteiger partial charge is 0.497 e. The third-order valence-corrected chi connectivity index (χ3v) is 2.01. The van der Waals surface area contributed by atoms with Crippen LogP contribution in [-0.4, -0.2) is 20.8 Å². The van der Waals surface area contributed by atoms with E-state index in [-0.39, 0.29) is 0 Å². The topological polar surface area (TPSA) is 44.5 Å². The van der Waals surface area contributed by atoms with E-state index in [1.807, 2.05) is 12.1 Å². The average molecular weight is 195 g/mol. The molecular formula is C11H17NO2. The molecule has 1 aromatic rings. The van der Waals surface area contributed by atoms with Crippen LogP contribution in [0.5, 0.6) is 5.75 Å². The number of rotatable bonds is 5. The molecule has 0 aliphatic rings. The first-order chi connectivity index (χ1) is 6.80. The molecule has 2 N–H and O–H groups in total. The molecule has 0 aliphatic carbocycles. The van der Waals surface area contributed by atoms with E-state index in [4.69, 9.17) is 15.2 Å². The Labute approximate surface area is 84.8 Å². The van der Waals surface area contributed by atoms with E-state index in [9.17, 15) is 0 Å². The normalized spacial score (nSPS) is 10.2. The molecule has 3 heteroatoms. The highest BCUT2D eigenvalue weighted by molar-refractivity contribution is 5.34. The molecule has 0 spiro atoms. The van der Waals surface area contributed by atoms with Crippen molar-refractivity contribution >= 4 is 0 Å². The van der Waals surface area contributed by atoms with Crippen LogP contribution in [-0.2, 0) is 17.8 Å². The van der Waals surface area contributed by atoms with E-state index >= 15 is 0 Å². The van der Waals surface area contributed by atoms with E-state index in [1.54, 1.807) is 14.2 Å². The maximum Gasteiger partial charge on any atom is 0.119 e. The fourth-order valence-electron chi connectivity index (χ4n) is 1.41. The zero-order valence-electron chi connectivity index (χ0n) is 8.75. The molecule has 14 heavy (non-hydrogen) atoms. The number of benzene rings is 1. The molecule has 1 rings (SSSR count). The zero-order chi connectivity index (χ0) is 10.4. The molecule has 0 saturated heterocycles. The molecule has 78 valence electrons. The summed E-state index contributed by atoms with van der Waals surface area (Å²) in [5, 5.41) is 0. The highest BCUT2D eigenvalue weighted by Gasteiger charge is 2.00. The molecule has 0 aliphatic heterocycles. The lowest BCUT2D eigenvalue weighted by molar-refractivity contribution is 0.184. The Hall–Kier alpha value is -1.06. The van der Waals surface area contributed by atoms with Crippen LogP contribution >= 0.6 is 0 Å². The van der Waals surface area contributed by atoms with E-state index < -0.39 is 0 Å². The third-order valence-electron chi connectivity index (χ3n) is 2.01. The van der Waals surface area contributed by atoms with Crippen LogP contribution in [0, 0.1) is 0 Å². The summed E-state index contributed by atoms with van der Waals surface area (Å²) in [6.07, 6.45) is 0.869. The van der Waals surface area contributed by atoms with Crippen LogP contribution in [0.15, 0.2) is 18.2 Å². The van der Waals surface area contributed by atoms with Crippen molar-refractivity contribution in [1.82, 2.24) is 0 Å². The van der Waals surface area contributed by atoms with Gasteiger partial charge in [0.1, 0.15) is 5.75 Å². The minimum atomic E-state index is 0.606. The highest BCUT2D eigenvalue weighted by atomic mass is 16.5. The lowest BCUT2D eigenvalue weighted by atomic mass is 10.1. The van der Waals surface area contributed by atoms with Crippen molar-refractivity contribution in [1.29, 1.82) is 0 Å². The molecule has 3 nitrogen and oxygen atoms in total. The van der Waals surface area contributed by atoms with Crippen molar-refractivity contribution in [2.24, 2.45) is 5.73 Å². The van der Waals surface area contributed by atoms with Gasteiger partial charge in [0.2, 0.25) is 0 Å². The Balaban J connectivity index is 2.88. The number of ether oxygens (including phenoxy) is 2. The Morgan fingerprint density at radius 2 is 1.86 bits per heavy atom. The van der Waals surface area contributed by atoms with Crippen molar-refractivity contribution in [2.45, 2.75) is 13.0 Å². The van der Waals surface area contributed by atoms with Gasteiger partial charge in [-0.05, 0) is 36.2 Å². The summed E-state index contributed by atoms with van der Waals surface area (Å²) in [7, 11) is 3.35.